The minimum atomic E-state index is -0.834. The van der Waals surface area contributed by atoms with Gasteiger partial charge in [0.2, 0.25) is 5.91 Å². The number of rotatable bonds is 6. The molecule has 2 aliphatic heterocycles. The number of nitrogens with zero attached hydrogens (tertiary/aromatic N) is 4. The van der Waals surface area contributed by atoms with Crippen LogP contribution >= 0.6 is 0 Å². The summed E-state index contributed by atoms with van der Waals surface area (Å²) < 4.78 is 5.46. The third kappa shape index (κ3) is 4.58. The molecule has 4 atom stereocenters. The summed E-state index contributed by atoms with van der Waals surface area (Å²) in [5, 5.41) is 14.5. The highest BCUT2D eigenvalue weighted by Gasteiger charge is 2.48. The van der Waals surface area contributed by atoms with Crippen molar-refractivity contribution in [1.29, 1.82) is 0 Å². The summed E-state index contributed by atoms with van der Waals surface area (Å²) in [7, 11) is 0. The number of aliphatic imine (C=N–C) groups is 1. The fourth-order valence-electron chi connectivity index (χ4n) is 5.77. The maximum Gasteiger partial charge on any atom is 0.256 e. The summed E-state index contributed by atoms with van der Waals surface area (Å²) in [5.41, 5.74) is 4.43. The van der Waals surface area contributed by atoms with Crippen LogP contribution in [0.4, 0.5) is 0 Å². The van der Waals surface area contributed by atoms with Crippen molar-refractivity contribution in [2.24, 2.45) is 10.9 Å². The zero-order valence-corrected chi connectivity index (χ0v) is 22.5. The fraction of sp³-hybridized carbons (Fsp3) is 0.433. The van der Waals surface area contributed by atoms with E-state index in [2.05, 4.69) is 15.1 Å². The summed E-state index contributed by atoms with van der Waals surface area (Å²) in [5.74, 6) is -0.416. The SMILES string of the molecule is Cc1cc([C@@H](C(=O)N2C[C@H](O)C[C@@H]2C2=NC(=O)[C@](C)(c3ccc(-c4cccnc4C)cc3)C2)C(C)C)on1. The van der Waals surface area contributed by atoms with E-state index in [9.17, 15) is 14.7 Å². The summed E-state index contributed by atoms with van der Waals surface area (Å²) in [6.07, 6.45) is 1.84. The standard InChI is InChI=1S/C30H34N4O4/c1-17(2)27(26-13-18(3)33-38-26)28(36)34-16-22(35)14-25(34)24-15-30(5,29(37)32-24)21-10-8-20(9-11-21)23-7-6-12-31-19(23)4/h6-13,17,22,25,27,35H,14-16H2,1-5H3/t22-,25-,27+,30+/m1/s1. The fourth-order valence-corrected chi connectivity index (χ4v) is 5.77. The van der Waals surface area contributed by atoms with Crippen molar-refractivity contribution in [3.63, 3.8) is 0 Å². The number of aryl methyl sites for hydroxylation is 2. The summed E-state index contributed by atoms with van der Waals surface area (Å²) >= 11 is 0. The number of hydrogen-bond donors (Lipinski definition) is 1. The molecule has 0 bridgehead atoms. The van der Waals surface area contributed by atoms with E-state index in [-0.39, 0.29) is 24.3 Å². The number of amides is 2. The van der Waals surface area contributed by atoms with Gasteiger partial charge in [-0.1, -0.05) is 49.3 Å². The Labute approximate surface area is 222 Å². The summed E-state index contributed by atoms with van der Waals surface area (Å²) in [4.78, 5) is 37.6. The molecule has 1 aromatic carbocycles. The van der Waals surface area contributed by atoms with E-state index in [1.165, 1.54) is 0 Å². The van der Waals surface area contributed by atoms with E-state index >= 15 is 0 Å². The highest BCUT2D eigenvalue weighted by atomic mass is 16.5. The van der Waals surface area contributed by atoms with E-state index in [1.54, 1.807) is 17.2 Å². The number of aliphatic hydroxyl groups is 1. The number of aromatic nitrogens is 2. The minimum Gasteiger partial charge on any atom is -0.391 e. The van der Waals surface area contributed by atoms with E-state index in [0.717, 1.165) is 22.4 Å². The molecule has 3 aromatic rings. The first-order valence-corrected chi connectivity index (χ1v) is 13.1. The second-order valence-electron chi connectivity index (χ2n) is 11.1. The lowest BCUT2D eigenvalue weighted by Crippen LogP contribution is -2.44. The van der Waals surface area contributed by atoms with Gasteiger partial charge in [-0.05, 0) is 43.9 Å². The van der Waals surface area contributed by atoms with Gasteiger partial charge in [-0.3, -0.25) is 14.6 Å². The van der Waals surface area contributed by atoms with Gasteiger partial charge < -0.3 is 14.5 Å². The lowest BCUT2D eigenvalue weighted by molar-refractivity contribution is -0.134. The molecule has 1 saturated heterocycles. The van der Waals surface area contributed by atoms with Gasteiger partial charge in [-0.25, -0.2) is 4.99 Å². The zero-order valence-electron chi connectivity index (χ0n) is 22.5. The molecular formula is C30H34N4O4. The van der Waals surface area contributed by atoms with Crippen LogP contribution < -0.4 is 0 Å². The number of carbonyl (C=O) groups excluding carboxylic acids is 2. The van der Waals surface area contributed by atoms with Gasteiger partial charge in [0.15, 0.2) is 0 Å². The molecule has 2 amide bonds. The average Bonchev–Trinajstić information content (AvgIpc) is 3.57. The van der Waals surface area contributed by atoms with E-state index < -0.39 is 23.5 Å². The number of carbonyl (C=O) groups is 2. The number of aliphatic hydroxyl groups excluding tert-OH is 1. The molecule has 5 rings (SSSR count). The third-order valence-corrected chi connectivity index (χ3v) is 7.92. The molecule has 1 N–H and O–H groups in total. The van der Waals surface area contributed by atoms with Crippen molar-refractivity contribution in [1.82, 2.24) is 15.0 Å². The van der Waals surface area contributed by atoms with Crippen molar-refractivity contribution in [3.8, 4) is 11.1 Å². The number of likely N-dealkylation sites (tertiary alicyclic amines) is 1. The Morgan fingerprint density at radius 3 is 2.55 bits per heavy atom. The highest BCUT2D eigenvalue weighted by molar-refractivity contribution is 6.11. The molecule has 8 nitrogen and oxygen atoms in total. The first kappa shape index (κ1) is 26.0. The lowest BCUT2D eigenvalue weighted by atomic mass is 9.78. The van der Waals surface area contributed by atoms with Crippen molar-refractivity contribution in [2.75, 3.05) is 6.54 Å². The van der Waals surface area contributed by atoms with Crippen LogP contribution in [-0.2, 0) is 15.0 Å². The molecule has 0 aliphatic carbocycles. The van der Waals surface area contributed by atoms with Crippen LogP contribution in [0.3, 0.4) is 0 Å². The van der Waals surface area contributed by atoms with Crippen LogP contribution in [0.15, 0.2) is 58.2 Å². The zero-order chi connectivity index (χ0) is 27.2. The molecule has 0 spiro atoms. The van der Waals surface area contributed by atoms with E-state index in [4.69, 9.17) is 4.52 Å². The molecule has 0 radical (unpaired) electrons. The highest BCUT2D eigenvalue weighted by Crippen LogP contribution is 2.39. The third-order valence-electron chi connectivity index (χ3n) is 7.92. The Morgan fingerprint density at radius 1 is 1.18 bits per heavy atom. The summed E-state index contributed by atoms with van der Waals surface area (Å²) in [6, 6.07) is 13.3. The molecule has 2 aliphatic rings. The largest absolute Gasteiger partial charge is 0.391 e. The van der Waals surface area contributed by atoms with Gasteiger partial charge >= 0.3 is 0 Å². The average molecular weight is 515 g/mol. The van der Waals surface area contributed by atoms with Crippen molar-refractivity contribution >= 4 is 17.5 Å². The monoisotopic (exact) mass is 514 g/mol. The predicted molar refractivity (Wildman–Crippen MR) is 144 cm³/mol. The topological polar surface area (TPSA) is 109 Å². The van der Waals surface area contributed by atoms with E-state index in [1.807, 2.05) is 71.0 Å². The Morgan fingerprint density at radius 2 is 1.92 bits per heavy atom. The maximum absolute atomic E-state index is 13.8. The van der Waals surface area contributed by atoms with Crippen LogP contribution in [-0.4, -0.2) is 56.4 Å². The second kappa shape index (κ2) is 9.91. The number of benzene rings is 1. The molecule has 0 unspecified atom stereocenters. The Balaban J connectivity index is 1.39. The van der Waals surface area contributed by atoms with Crippen molar-refractivity contribution in [2.45, 2.75) is 70.9 Å². The molecule has 1 fully saturated rings. The van der Waals surface area contributed by atoms with Crippen LogP contribution in [0.1, 0.15) is 62.2 Å². The van der Waals surface area contributed by atoms with Gasteiger partial charge in [0.25, 0.3) is 5.91 Å². The van der Waals surface area contributed by atoms with Gasteiger partial charge in [0, 0.05) is 48.6 Å². The summed E-state index contributed by atoms with van der Waals surface area (Å²) in [6.45, 7) is 9.83. The van der Waals surface area contributed by atoms with E-state index in [0.29, 0.717) is 30.0 Å². The van der Waals surface area contributed by atoms with Crippen LogP contribution in [0.25, 0.3) is 11.1 Å². The molecule has 8 heteroatoms. The van der Waals surface area contributed by atoms with Gasteiger partial charge in [0.1, 0.15) is 11.7 Å². The van der Waals surface area contributed by atoms with Crippen molar-refractivity contribution in [3.05, 3.63) is 71.4 Å². The normalized spacial score (nSPS) is 24.2. The maximum atomic E-state index is 13.8. The van der Waals surface area contributed by atoms with Crippen LogP contribution in [0.5, 0.6) is 0 Å². The molecule has 198 valence electrons. The molecule has 4 heterocycles. The van der Waals surface area contributed by atoms with Gasteiger partial charge in [0.05, 0.1) is 23.3 Å². The first-order valence-electron chi connectivity index (χ1n) is 13.1. The molecule has 2 aromatic heterocycles. The molecule has 0 saturated carbocycles. The number of pyridine rings is 1. The quantitative estimate of drug-likeness (QED) is 0.523. The number of β-amino-alcohol motifs (C(OH)–C–C–N with tert-alkyl or cyclic N) is 1. The second-order valence-corrected chi connectivity index (χ2v) is 11.1. The Kier molecular flexibility index (Phi) is 6.77. The number of hydrogen-bond acceptors (Lipinski definition) is 6. The smallest absolute Gasteiger partial charge is 0.256 e. The molecular weight excluding hydrogens is 480 g/mol. The first-order chi connectivity index (χ1) is 18.1. The Hall–Kier alpha value is -3.65. The minimum absolute atomic E-state index is 0.0346. The lowest BCUT2D eigenvalue weighted by Gasteiger charge is -2.30. The van der Waals surface area contributed by atoms with Crippen LogP contribution in [0.2, 0.25) is 0 Å². The van der Waals surface area contributed by atoms with Crippen LogP contribution in [0, 0.1) is 19.8 Å². The van der Waals surface area contributed by atoms with Crippen molar-refractivity contribution < 1.29 is 19.2 Å². The molecule has 38 heavy (non-hydrogen) atoms. The predicted octanol–water partition coefficient (Wildman–Crippen LogP) is 4.38. The van der Waals surface area contributed by atoms with Gasteiger partial charge in [-0.2, -0.15) is 0 Å². The Bertz CT molecular complexity index is 1390. The van der Waals surface area contributed by atoms with Gasteiger partial charge in [-0.15, -0.1) is 0 Å².